The third kappa shape index (κ3) is 4.10. The van der Waals surface area contributed by atoms with Crippen LogP contribution in [-0.4, -0.2) is 23.6 Å². The van der Waals surface area contributed by atoms with Gasteiger partial charge in [-0.25, -0.2) is 4.98 Å². The first-order chi connectivity index (χ1) is 11.7. The van der Waals surface area contributed by atoms with Crippen molar-refractivity contribution in [1.82, 2.24) is 9.97 Å². The van der Waals surface area contributed by atoms with Crippen molar-refractivity contribution in [3.8, 4) is 0 Å². The Balaban J connectivity index is 1.69. The van der Waals surface area contributed by atoms with Crippen molar-refractivity contribution in [1.29, 1.82) is 0 Å². The molecule has 122 valence electrons. The van der Waals surface area contributed by atoms with Crippen LogP contribution in [0.4, 0.5) is 17.5 Å². The smallest absolute Gasteiger partial charge is 0.224 e. The van der Waals surface area contributed by atoms with E-state index in [1.807, 2.05) is 44.3 Å². The number of nitrogens with one attached hydrogen (secondary N) is 1. The molecule has 0 radical (unpaired) electrons. The number of aromatic nitrogens is 2. The Hall–Kier alpha value is -2.88. The fourth-order valence-electron chi connectivity index (χ4n) is 2.55. The Labute approximate surface area is 143 Å². The predicted octanol–water partition coefficient (Wildman–Crippen LogP) is 4.21. The quantitative estimate of drug-likeness (QED) is 0.739. The summed E-state index contributed by atoms with van der Waals surface area (Å²) in [5.74, 6) is 1.56. The molecule has 0 amide bonds. The van der Waals surface area contributed by atoms with Crippen molar-refractivity contribution < 1.29 is 0 Å². The molecule has 0 atom stereocenters. The second kappa shape index (κ2) is 7.59. The van der Waals surface area contributed by atoms with E-state index in [-0.39, 0.29) is 0 Å². The molecule has 24 heavy (non-hydrogen) atoms. The van der Waals surface area contributed by atoms with E-state index in [1.54, 1.807) is 0 Å². The third-order valence-corrected chi connectivity index (χ3v) is 3.87. The van der Waals surface area contributed by atoms with E-state index >= 15 is 0 Å². The van der Waals surface area contributed by atoms with E-state index in [4.69, 9.17) is 0 Å². The first kappa shape index (κ1) is 16.0. The summed E-state index contributed by atoms with van der Waals surface area (Å²) in [5, 5.41) is 3.33. The lowest BCUT2D eigenvalue weighted by Crippen LogP contribution is -2.14. The minimum atomic E-state index is 0.670. The average Bonchev–Trinajstić information content (AvgIpc) is 2.62. The minimum absolute atomic E-state index is 0.670. The van der Waals surface area contributed by atoms with E-state index in [0.717, 1.165) is 30.2 Å². The van der Waals surface area contributed by atoms with Crippen molar-refractivity contribution in [2.24, 2.45) is 0 Å². The number of para-hydroxylation sites is 1. The molecule has 0 saturated carbocycles. The zero-order valence-electron chi connectivity index (χ0n) is 14.1. The Bertz CT molecular complexity index is 772. The molecule has 0 aliphatic carbocycles. The minimum Gasteiger partial charge on any atom is -0.354 e. The molecule has 0 aliphatic rings. The summed E-state index contributed by atoms with van der Waals surface area (Å²) in [4.78, 5) is 11.2. The SMILES string of the molecule is Cc1cc(N(C)c2ccccc2)nc(NCCc2ccccc2)n1. The summed E-state index contributed by atoms with van der Waals surface area (Å²) in [6.45, 7) is 2.80. The molecule has 1 heterocycles. The topological polar surface area (TPSA) is 41.1 Å². The van der Waals surface area contributed by atoms with E-state index in [1.165, 1.54) is 5.56 Å². The summed E-state index contributed by atoms with van der Waals surface area (Å²) in [6, 6.07) is 22.6. The summed E-state index contributed by atoms with van der Waals surface area (Å²) in [5.41, 5.74) is 3.36. The molecule has 0 spiro atoms. The van der Waals surface area contributed by atoms with E-state index in [0.29, 0.717) is 5.95 Å². The van der Waals surface area contributed by atoms with Gasteiger partial charge in [0, 0.05) is 31.0 Å². The fourth-order valence-corrected chi connectivity index (χ4v) is 2.55. The van der Waals surface area contributed by atoms with Gasteiger partial charge in [-0.05, 0) is 31.0 Å². The number of anilines is 3. The molecule has 0 saturated heterocycles. The van der Waals surface area contributed by atoms with Gasteiger partial charge >= 0.3 is 0 Å². The molecule has 2 aromatic carbocycles. The average molecular weight is 318 g/mol. The maximum Gasteiger partial charge on any atom is 0.224 e. The van der Waals surface area contributed by atoms with Crippen LogP contribution in [0.3, 0.4) is 0 Å². The molecule has 0 unspecified atom stereocenters. The van der Waals surface area contributed by atoms with Gasteiger partial charge in [0.05, 0.1) is 0 Å². The third-order valence-electron chi connectivity index (χ3n) is 3.87. The van der Waals surface area contributed by atoms with Gasteiger partial charge in [-0.1, -0.05) is 48.5 Å². The van der Waals surface area contributed by atoms with Crippen molar-refractivity contribution in [2.75, 3.05) is 23.8 Å². The van der Waals surface area contributed by atoms with Crippen LogP contribution in [0.25, 0.3) is 0 Å². The fraction of sp³-hybridized carbons (Fsp3) is 0.200. The molecule has 3 rings (SSSR count). The van der Waals surface area contributed by atoms with Gasteiger partial charge in [-0.3, -0.25) is 0 Å². The van der Waals surface area contributed by atoms with E-state index < -0.39 is 0 Å². The van der Waals surface area contributed by atoms with Crippen LogP contribution in [0, 0.1) is 6.92 Å². The molecule has 3 aromatic rings. The Morgan fingerprint density at radius 2 is 1.58 bits per heavy atom. The van der Waals surface area contributed by atoms with Crippen molar-refractivity contribution in [3.63, 3.8) is 0 Å². The largest absolute Gasteiger partial charge is 0.354 e. The van der Waals surface area contributed by atoms with E-state index in [9.17, 15) is 0 Å². The summed E-state index contributed by atoms with van der Waals surface area (Å²) in [7, 11) is 2.02. The highest BCUT2D eigenvalue weighted by atomic mass is 15.2. The van der Waals surface area contributed by atoms with Gasteiger partial charge in [-0.2, -0.15) is 4.98 Å². The number of nitrogens with zero attached hydrogens (tertiary/aromatic N) is 3. The molecule has 1 aromatic heterocycles. The van der Waals surface area contributed by atoms with Crippen molar-refractivity contribution in [2.45, 2.75) is 13.3 Å². The first-order valence-electron chi connectivity index (χ1n) is 8.14. The first-order valence-corrected chi connectivity index (χ1v) is 8.14. The molecule has 0 bridgehead atoms. The Kier molecular flexibility index (Phi) is 5.06. The van der Waals surface area contributed by atoms with Gasteiger partial charge in [0.25, 0.3) is 0 Å². The Morgan fingerprint density at radius 1 is 0.917 bits per heavy atom. The number of hydrogen-bond donors (Lipinski definition) is 1. The lowest BCUT2D eigenvalue weighted by atomic mass is 10.1. The maximum absolute atomic E-state index is 4.64. The molecule has 0 aliphatic heterocycles. The van der Waals surface area contributed by atoms with Crippen LogP contribution in [-0.2, 0) is 6.42 Å². The lowest BCUT2D eigenvalue weighted by molar-refractivity contribution is 0.966. The second-order valence-electron chi connectivity index (χ2n) is 5.75. The van der Waals surface area contributed by atoms with Gasteiger partial charge in [0.15, 0.2) is 0 Å². The molecular formula is C20H22N4. The van der Waals surface area contributed by atoms with Crippen molar-refractivity contribution >= 4 is 17.5 Å². The van der Waals surface area contributed by atoms with Gasteiger partial charge < -0.3 is 10.2 Å². The summed E-state index contributed by atoms with van der Waals surface area (Å²) < 4.78 is 0. The zero-order chi connectivity index (χ0) is 16.8. The van der Waals surface area contributed by atoms with E-state index in [2.05, 4.69) is 56.6 Å². The zero-order valence-corrected chi connectivity index (χ0v) is 14.1. The highest BCUT2D eigenvalue weighted by Gasteiger charge is 2.08. The Morgan fingerprint density at radius 3 is 2.29 bits per heavy atom. The normalized spacial score (nSPS) is 10.4. The predicted molar refractivity (Wildman–Crippen MR) is 99.9 cm³/mol. The molecule has 4 heteroatoms. The number of benzene rings is 2. The number of hydrogen-bond acceptors (Lipinski definition) is 4. The van der Waals surface area contributed by atoms with Crippen LogP contribution in [0.1, 0.15) is 11.3 Å². The van der Waals surface area contributed by atoms with Gasteiger partial charge in [0.1, 0.15) is 5.82 Å². The highest BCUT2D eigenvalue weighted by Crippen LogP contribution is 2.22. The van der Waals surface area contributed by atoms with Crippen LogP contribution < -0.4 is 10.2 Å². The summed E-state index contributed by atoms with van der Waals surface area (Å²) >= 11 is 0. The van der Waals surface area contributed by atoms with Crippen LogP contribution in [0.5, 0.6) is 0 Å². The number of rotatable bonds is 6. The van der Waals surface area contributed by atoms with Crippen LogP contribution in [0.15, 0.2) is 66.7 Å². The van der Waals surface area contributed by atoms with Crippen LogP contribution in [0.2, 0.25) is 0 Å². The number of aryl methyl sites for hydroxylation is 1. The monoisotopic (exact) mass is 318 g/mol. The van der Waals surface area contributed by atoms with Gasteiger partial charge in [-0.15, -0.1) is 0 Å². The van der Waals surface area contributed by atoms with Crippen LogP contribution >= 0.6 is 0 Å². The molecule has 0 fully saturated rings. The maximum atomic E-state index is 4.64. The lowest BCUT2D eigenvalue weighted by Gasteiger charge is -2.19. The molecule has 4 nitrogen and oxygen atoms in total. The highest BCUT2D eigenvalue weighted by molar-refractivity contribution is 5.60. The molecule has 1 N–H and O–H groups in total. The summed E-state index contributed by atoms with van der Waals surface area (Å²) in [6.07, 6.45) is 0.946. The standard InChI is InChI=1S/C20H22N4/c1-16-15-19(24(2)18-11-7-4-8-12-18)23-20(22-16)21-14-13-17-9-5-3-6-10-17/h3-12,15H,13-14H2,1-2H3,(H,21,22,23). The second-order valence-corrected chi connectivity index (χ2v) is 5.75. The molecular weight excluding hydrogens is 296 g/mol. The van der Waals surface area contributed by atoms with Gasteiger partial charge in [0.2, 0.25) is 5.95 Å². The van der Waals surface area contributed by atoms with Crippen molar-refractivity contribution in [3.05, 3.63) is 78.0 Å².